The number of amides is 1. The first kappa shape index (κ1) is 15.8. The molecule has 1 aliphatic carbocycles. The first-order valence-electron chi connectivity index (χ1n) is 7.62. The summed E-state index contributed by atoms with van der Waals surface area (Å²) in [6.45, 7) is 1.40. The number of ether oxygens (including phenoxy) is 1. The second-order valence-electron chi connectivity index (χ2n) is 5.94. The van der Waals surface area contributed by atoms with Gasteiger partial charge in [0.05, 0.1) is 12.2 Å². The summed E-state index contributed by atoms with van der Waals surface area (Å²) in [5.74, 6) is 1.61. The molecule has 1 heterocycles. The van der Waals surface area contributed by atoms with Crippen LogP contribution < -0.4 is 10.5 Å². The van der Waals surface area contributed by atoms with Crippen molar-refractivity contribution >= 4 is 5.91 Å². The fraction of sp³-hybridized carbons (Fsp3) is 0.625. The van der Waals surface area contributed by atoms with Crippen LogP contribution in [0.4, 0.5) is 0 Å². The van der Waals surface area contributed by atoms with Gasteiger partial charge in [0.2, 0.25) is 5.88 Å². The highest BCUT2D eigenvalue weighted by atomic mass is 16.5. The Morgan fingerprint density at radius 3 is 2.62 bits per heavy atom. The molecule has 0 bridgehead atoms. The van der Waals surface area contributed by atoms with E-state index >= 15 is 0 Å². The van der Waals surface area contributed by atoms with Gasteiger partial charge in [0.15, 0.2) is 0 Å². The molecular weight excluding hydrogens is 266 g/mol. The number of carbonyl (C=O) groups excluding carboxylic acids is 1. The van der Waals surface area contributed by atoms with Crippen molar-refractivity contribution in [2.75, 3.05) is 27.2 Å². The summed E-state index contributed by atoms with van der Waals surface area (Å²) in [5.41, 5.74) is 6.40. The van der Waals surface area contributed by atoms with E-state index in [9.17, 15) is 4.79 Å². The molecule has 2 N–H and O–H groups in total. The van der Waals surface area contributed by atoms with Crippen molar-refractivity contribution in [1.29, 1.82) is 0 Å². The van der Waals surface area contributed by atoms with E-state index in [1.165, 1.54) is 30.6 Å². The highest BCUT2D eigenvalue weighted by Crippen LogP contribution is 2.29. The molecule has 0 aromatic carbocycles. The molecule has 1 aliphatic rings. The summed E-state index contributed by atoms with van der Waals surface area (Å²) in [4.78, 5) is 17.5. The molecule has 2 rings (SSSR count). The highest BCUT2D eigenvalue weighted by Gasteiger charge is 2.24. The number of nitrogens with zero attached hydrogens (tertiary/aromatic N) is 2. The summed E-state index contributed by atoms with van der Waals surface area (Å²) >= 11 is 0. The molecule has 0 saturated heterocycles. The zero-order valence-corrected chi connectivity index (χ0v) is 12.9. The minimum Gasteiger partial charge on any atom is -0.477 e. The quantitative estimate of drug-likeness (QED) is 0.900. The number of nitrogens with two attached hydrogens (primary N) is 1. The van der Waals surface area contributed by atoms with Gasteiger partial charge < -0.3 is 15.4 Å². The Morgan fingerprint density at radius 1 is 1.33 bits per heavy atom. The number of hydrogen-bond acceptors (Lipinski definition) is 4. The second-order valence-corrected chi connectivity index (χ2v) is 5.94. The van der Waals surface area contributed by atoms with Crippen molar-refractivity contribution in [2.45, 2.75) is 25.7 Å². The molecule has 0 spiro atoms. The Labute approximate surface area is 126 Å². The van der Waals surface area contributed by atoms with E-state index in [0.717, 1.165) is 6.54 Å². The van der Waals surface area contributed by atoms with Crippen molar-refractivity contribution in [3.05, 3.63) is 23.9 Å². The summed E-state index contributed by atoms with van der Waals surface area (Å²) in [5, 5.41) is 0. The maximum Gasteiger partial charge on any atom is 0.254 e. The molecule has 0 aliphatic heterocycles. The van der Waals surface area contributed by atoms with Crippen LogP contribution in [0.3, 0.4) is 0 Å². The van der Waals surface area contributed by atoms with E-state index in [-0.39, 0.29) is 5.91 Å². The molecule has 1 aromatic heterocycles. The van der Waals surface area contributed by atoms with Gasteiger partial charge in [0, 0.05) is 26.4 Å². The fourth-order valence-corrected chi connectivity index (χ4v) is 2.86. The first-order chi connectivity index (χ1) is 10.1. The standard InChI is InChI=1S/C16H25N3O2/c1-19(2)16(20)13-7-8-15(18-10-13)21-11-14-6-4-3-5-12(14)9-17/h7-8,10,12,14H,3-6,9,11,17H2,1-2H3. The third kappa shape index (κ3) is 4.17. The van der Waals surface area contributed by atoms with Gasteiger partial charge in [-0.3, -0.25) is 4.79 Å². The Balaban J connectivity index is 1.90. The predicted octanol–water partition coefficient (Wildman–Crippen LogP) is 1.93. The molecule has 5 heteroatoms. The summed E-state index contributed by atoms with van der Waals surface area (Å²) < 4.78 is 5.78. The van der Waals surface area contributed by atoms with Crippen LogP contribution in [0.5, 0.6) is 5.88 Å². The highest BCUT2D eigenvalue weighted by molar-refractivity contribution is 5.93. The molecular formula is C16H25N3O2. The average molecular weight is 291 g/mol. The number of carbonyl (C=O) groups is 1. The zero-order chi connectivity index (χ0) is 15.2. The van der Waals surface area contributed by atoms with Gasteiger partial charge >= 0.3 is 0 Å². The third-order valence-corrected chi connectivity index (χ3v) is 4.20. The Hall–Kier alpha value is -1.62. The molecule has 1 aromatic rings. The molecule has 21 heavy (non-hydrogen) atoms. The lowest BCUT2D eigenvalue weighted by molar-refractivity contribution is 0.0827. The molecule has 5 nitrogen and oxygen atoms in total. The maximum absolute atomic E-state index is 11.8. The van der Waals surface area contributed by atoms with E-state index in [2.05, 4.69) is 4.98 Å². The predicted molar refractivity (Wildman–Crippen MR) is 82.3 cm³/mol. The fourth-order valence-electron chi connectivity index (χ4n) is 2.86. The molecule has 1 saturated carbocycles. The van der Waals surface area contributed by atoms with E-state index in [1.807, 2.05) is 0 Å². The van der Waals surface area contributed by atoms with Crippen molar-refractivity contribution < 1.29 is 9.53 Å². The van der Waals surface area contributed by atoms with Crippen molar-refractivity contribution in [2.24, 2.45) is 17.6 Å². The topological polar surface area (TPSA) is 68.5 Å². The smallest absolute Gasteiger partial charge is 0.254 e. The molecule has 1 amide bonds. The van der Waals surface area contributed by atoms with Crippen molar-refractivity contribution in [3.63, 3.8) is 0 Å². The van der Waals surface area contributed by atoms with Crippen LogP contribution in [-0.2, 0) is 0 Å². The Bertz CT molecular complexity index is 459. The number of hydrogen-bond donors (Lipinski definition) is 1. The molecule has 2 atom stereocenters. The molecule has 116 valence electrons. The van der Waals surface area contributed by atoms with Crippen LogP contribution in [0.1, 0.15) is 36.0 Å². The molecule has 1 fully saturated rings. The van der Waals surface area contributed by atoms with Gasteiger partial charge in [-0.1, -0.05) is 12.8 Å². The van der Waals surface area contributed by atoms with Gasteiger partial charge in [-0.25, -0.2) is 4.98 Å². The normalized spacial score (nSPS) is 21.9. The second kappa shape index (κ2) is 7.41. The van der Waals surface area contributed by atoms with E-state index in [4.69, 9.17) is 10.5 Å². The number of rotatable bonds is 5. The summed E-state index contributed by atoms with van der Waals surface area (Å²) in [6, 6.07) is 3.52. The Kier molecular flexibility index (Phi) is 5.56. The third-order valence-electron chi connectivity index (χ3n) is 4.20. The van der Waals surface area contributed by atoms with Gasteiger partial charge in [-0.05, 0) is 37.3 Å². The van der Waals surface area contributed by atoms with Crippen LogP contribution in [0.15, 0.2) is 18.3 Å². The van der Waals surface area contributed by atoms with Gasteiger partial charge in [-0.2, -0.15) is 0 Å². The first-order valence-corrected chi connectivity index (χ1v) is 7.62. The molecule has 2 unspecified atom stereocenters. The van der Waals surface area contributed by atoms with Crippen molar-refractivity contribution in [3.8, 4) is 5.88 Å². The van der Waals surface area contributed by atoms with Crippen LogP contribution >= 0.6 is 0 Å². The monoisotopic (exact) mass is 291 g/mol. The lowest BCUT2D eigenvalue weighted by Gasteiger charge is -2.30. The number of pyridine rings is 1. The van der Waals surface area contributed by atoms with Crippen LogP contribution in [-0.4, -0.2) is 43.0 Å². The molecule has 0 radical (unpaired) electrons. The minimum absolute atomic E-state index is 0.0514. The van der Waals surface area contributed by atoms with E-state index in [1.54, 1.807) is 32.4 Å². The van der Waals surface area contributed by atoms with Crippen LogP contribution in [0.2, 0.25) is 0 Å². The van der Waals surface area contributed by atoms with Gasteiger partial charge in [-0.15, -0.1) is 0 Å². The lowest BCUT2D eigenvalue weighted by atomic mass is 9.80. The average Bonchev–Trinajstić information content (AvgIpc) is 2.52. The van der Waals surface area contributed by atoms with Gasteiger partial charge in [0.25, 0.3) is 5.91 Å². The lowest BCUT2D eigenvalue weighted by Crippen LogP contribution is -2.30. The largest absolute Gasteiger partial charge is 0.477 e. The van der Waals surface area contributed by atoms with E-state index < -0.39 is 0 Å². The summed E-state index contributed by atoms with van der Waals surface area (Å²) in [7, 11) is 3.45. The minimum atomic E-state index is -0.0514. The van der Waals surface area contributed by atoms with Crippen LogP contribution in [0, 0.1) is 11.8 Å². The van der Waals surface area contributed by atoms with Crippen LogP contribution in [0.25, 0.3) is 0 Å². The Morgan fingerprint density at radius 2 is 2.05 bits per heavy atom. The zero-order valence-electron chi connectivity index (χ0n) is 12.9. The number of aromatic nitrogens is 1. The summed E-state index contributed by atoms with van der Waals surface area (Å²) in [6.07, 6.45) is 6.48. The van der Waals surface area contributed by atoms with E-state index in [0.29, 0.717) is 29.9 Å². The van der Waals surface area contributed by atoms with Crippen molar-refractivity contribution in [1.82, 2.24) is 9.88 Å². The maximum atomic E-state index is 11.8. The van der Waals surface area contributed by atoms with Gasteiger partial charge in [0.1, 0.15) is 0 Å². The SMILES string of the molecule is CN(C)C(=O)c1ccc(OCC2CCCCC2CN)nc1.